The van der Waals surface area contributed by atoms with Crippen LogP contribution in [-0.4, -0.2) is 24.0 Å². The molecule has 1 aliphatic carbocycles. The Morgan fingerprint density at radius 3 is 2.95 bits per heavy atom. The van der Waals surface area contributed by atoms with Gasteiger partial charge in [-0.2, -0.15) is 0 Å². The van der Waals surface area contributed by atoms with Gasteiger partial charge in [-0.05, 0) is 46.0 Å². The molecule has 0 saturated heterocycles. The molecule has 0 aliphatic heterocycles. The summed E-state index contributed by atoms with van der Waals surface area (Å²) in [5.41, 5.74) is 4.57. The summed E-state index contributed by atoms with van der Waals surface area (Å²) in [5.74, 6) is 0.904. The average molecular weight is 306 g/mol. The maximum absolute atomic E-state index is 4.64. The van der Waals surface area contributed by atoms with Crippen molar-refractivity contribution in [1.29, 1.82) is 0 Å². The molecule has 4 nitrogen and oxygen atoms in total. The lowest BCUT2D eigenvalue weighted by atomic mass is 9.97. The Morgan fingerprint density at radius 2 is 2.29 bits per heavy atom. The smallest absolute Gasteiger partial charge is 0.191 e. The molecule has 2 rings (SSSR count). The normalized spacial score (nSPS) is 15.7. The van der Waals surface area contributed by atoms with Crippen LogP contribution in [0.2, 0.25) is 0 Å². The Kier molecular flexibility index (Phi) is 6.73. The van der Waals surface area contributed by atoms with Gasteiger partial charge in [-0.25, -0.2) is 9.98 Å². The molecule has 21 heavy (non-hydrogen) atoms. The van der Waals surface area contributed by atoms with E-state index in [1.165, 1.54) is 30.6 Å². The van der Waals surface area contributed by atoms with Crippen molar-refractivity contribution in [1.82, 2.24) is 15.6 Å². The molecule has 1 aliphatic rings. The lowest BCUT2D eigenvalue weighted by Crippen LogP contribution is -2.37. The fraction of sp³-hybridized carbons (Fsp3) is 0.625. The number of nitrogens with zero attached hydrogens (tertiary/aromatic N) is 2. The van der Waals surface area contributed by atoms with Gasteiger partial charge >= 0.3 is 0 Å². The highest BCUT2D eigenvalue weighted by Gasteiger charge is 2.05. The molecule has 1 heterocycles. The predicted molar refractivity (Wildman–Crippen MR) is 90.8 cm³/mol. The lowest BCUT2D eigenvalue weighted by Gasteiger charge is -2.15. The highest BCUT2D eigenvalue weighted by molar-refractivity contribution is 7.09. The predicted octanol–water partition coefficient (Wildman–Crippen LogP) is 3.40. The number of aryl methyl sites for hydroxylation is 1. The van der Waals surface area contributed by atoms with Crippen LogP contribution in [0.3, 0.4) is 0 Å². The fourth-order valence-electron chi connectivity index (χ4n) is 2.44. The molecule has 0 radical (unpaired) electrons. The van der Waals surface area contributed by atoms with Crippen molar-refractivity contribution in [2.75, 3.05) is 13.1 Å². The second-order valence-electron chi connectivity index (χ2n) is 5.34. The number of guanidine groups is 1. The van der Waals surface area contributed by atoms with Gasteiger partial charge in [0.05, 0.1) is 17.7 Å². The molecule has 0 spiro atoms. The van der Waals surface area contributed by atoms with Gasteiger partial charge in [0, 0.05) is 18.0 Å². The minimum atomic E-state index is 0.703. The molecule has 0 aromatic carbocycles. The van der Waals surface area contributed by atoms with Crippen molar-refractivity contribution in [3.8, 4) is 0 Å². The molecule has 2 N–H and O–H groups in total. The first-order valence-electron chi connectivity index (χ1n) is 7.88. The third-order valence-corrected chi connectivity index (χ3v) is 4.61. The van der Waals surface area contributed by atoms with Crippen LogP contribution in [-0.2, 0) is 6.54 Å². The zero-order valence-corrected chi connectivity index (χ0v) is 13.9. The summed E-state index contributed by atoms with van der Waals surface area (Å²) < 4.78 is 0. The van der Waals surface area contributed by atoms with Crippen molar-refractivity contribution >= 4 is 17.3 Å². The van der Waals surface area contributed by atoms with Crippen LogP contribution in [0.5, 0.6) is 0 Å². The van der Waals surface area contributed by atoms with Crippen molar-refractivity contribution in [2.45, 2.75) is 52.5 Å². The number of hydrogen-bond donors (Lipinski definition) is 2. The summed E-state index contributed by atoms with van der Waals surface area (Å²) in [5, 5.41) is 6.74. The minimum Gasteiger partial charge on any atom is -0.357 e. The molecule has 1 aromatic heterocycles. The van der Waals surface area contributed by atoms with E-state index in [0.29, 0.717) is 6.54 Å². The van der Waals surface area contributed by atoms with E-state index in [2.05, 4.69) is 33.6 Å². The van der Waals surface area contributed by atoms with Gasteiger partial charge in [0.25, 0.3) is 0 Å². The van der Waals surface area contributed by atoms with Crippen LogP contribution in [0.4, 0.5) is 0 Å². The minimum absolute atomic E-state index is 0.703. The summed E-state index contributed by atoms with van der Waals surface area (Å²) in [7, 11) is 0. The summed E-state index contributed by atoms with van der Waals surface area (Å²) in [4.78, 5) is 10.1. The first-order chi connectivity index (χ1) is 10.3. The van der Waals surface area contributed by atoms with E-state index >= 15 is 0 Å². The van der Waals surface area contributed by atoms with Crippen LogP contribution in [0, 0.1) is 6.92 Å². The molecule has 0 atom stereocenters. The van der Waals surface area contributed by atoms with Gasteiger partial charge in [-0.1, -0.05) is 11.6 Å². The van der Waals surface area contributed by atoms with Gasteiger partial charge in [-0.15, -0.1) is 11.3 Å². The molecular formula is C16H26N4S. The van der Waals surface area contributed by atoms with Crippen molar-refractivity contribution in [2.24, 2.45) is 4.99 Å². The van der Waals surface area contributed by atoms with Crippen LogP contribution in [0.1, 0.15) is 49.6 Å². The van der Waals surface area contributed by atoms with Crippen molar-refractivity contribution < 1.29 is 0 Å². The first-order valence-corrected chi connectivity index (χ1v) is 8.76. The van der Waals surface area contributed by atoms with Crippen LogP contribution < -0.4 is 10.6 Å². The zero-order valence-electron chi connectivity index (χ0n) is 13.1. The van der Waals surface area contributed by atoms with Gasteiger partial charge in [0.15, 0.2) is 5.96 Å². The number of rotatable bonds is 6. The van der Waals surface area contributed by atoms with Gasteiger partial charge in [0.1, 0.15) is 0 Å². The van der Waals surface area contributed by atoms with E-state index in [1.807, 2.05) is 12.4 Å². The number of aromatic nitrogens is 1. The Balaban J connectivity index is 1.80. The van der Waals surface area contributed by atoms with Gasteiger partial charge < -0.3 is 10.6 Å². The Bertz CT molecular complexity index is 490. The van der Waals surface area contributed by atoms with E-state index < -0.39 is 0 Å². The number of hydrogen-bond acceptors (Lipinski definition) is 3. The number of nitrogens with one attached hydrogen (secondary N) is 2. The number of aliphatic imine (C=N–C) groups is 1. The molecule has 0 unspecified atom stereocenters. The van der Waals surface area contributed by atoms with E-state index in [9.17, 15) is 0 Å². The maximum atomic E-state index is 4.64. The molecule has 0 fully saturated rings. The number of allylic oxidation sites excluding steroid dienone is 1. The highest BCUT2D eigenvalue weighted by Crippen LogP contribution is 2.19. The van der Waals surface area contributed by atoms with E-state index in [-0.39, 0.29) is 0 Å². The Labute approximate surface area is 131 Å². The summed E-state index contributed by atoms with van der Waals surface area (Å²) in [6.07, 6.45) is 8.78. The standard InChI is InChI=1S/C16H26N4S/c1-3-17-16(19-11-15-13(2)20-12-21-15)18-10-9-14-7-5-4-6-8-14/h7,12H,3-6,8-11H2,1-2H3,(H2,17,18,19). The first kappa shape index (κ1) is 16.0. The molecule has 1 aromatic rings. The summed E-state index contributed by atoms with van der Waals surface area (Å²) in [6.45, 7) is 6.68. The van der Waals surface area contributed by atoms with E-state index in [4.69, 9.17) is 0 Å². The second kappa shape index (κ2) is 8.82. The largest absolute Gasteiger partial charge is 0.357 e. The fourth-order valence-corrected chi connectivity index (χ4v) is 3.14. The quantitative estimate of drug-likeness (QED) is 0.481. The lowest BCUT2D eigenvalue weighted by molar-refractivity contribution is 0.665. The van der Waals surface area contributed by atoms with Crippen molar-refractivity contribution in [3.05, 3.63) is 27.7 Å². The Hall–Kier alpha value is -1.36. The van der Waals surface area contributed by atoms with Gasteiger partial charge in [0.2, 0.25) is 0 Å². The zero-order chi connectivity index (χ0) is 14.9. The molecule has 0 amide bonds. The van der Waals surface area contributed by atoms with E-state index in [0.717, 1.165) is 31.2 Å². The molecule has 116 valence electrons. The third kappa shape index (κ3) is 5.50. The highest BCUT2D eigenvalue weighted by atomic mass is 32.1. The molecular weight excluding hydrogens is 280 g/mol. The molecule has 5 heteroatoms. The van der Waals surface area contributed by atoms with E-state index in [1.54, 1.807) is 16.9 Å². The molecule has 0 saturated carbocycles. The second-order valence-corrected chi connectivity index (χ2v) is 6.28. The molecule has 0 bridgehead atoms. The van der Waals surface area contributed by atoms with Gasteiger partial charge in [-0.3, -0.25) is 0 Å². The summed E-state index contributed by atoms with van der Waals surface area (Å²) in [6, 6.07) is 0. The van der Waals surface area contributed by atoms with Crippen LogP contribution >= 0.6 is 11.3 Å². The van der Waals surface area contributed by atoms with Crippen LogP contribution in [0.25, 0.3) is 0 Å². The van der Waals surface area contributed by atoms with Crippen LogP contribution in [0.15, 0.2) is 22.2 Å². The maximum Gasteiger partial charge on any atom is 0.191 e. The topological polar surface area (TPSA) is 49.3 Å². The summed E-state index contributed by atoms with van der Waals surface area (Å²) >= 11 is 1.67. The number of thiazole rings is 1. The Morgan fingerprint density at radius 1 is 1.38 bits per heavy atom. The van der Waals surface area contributed by atoms with Crippen molar-refractivity contribution in [3.63, 3.8) is 0 Å². The monoisotopic (exact) mass is 306 g/mol. The SMILES string of the molecule is CCNC(=NCc1scnc1C)NCCC1=CCCCC1. The third-order valence-electron chi connectivity index (χ3n) is 3.69. The average Bonchev–Trinajstić information content (AvgIpc) is 2.91.